The SMILES string of the molecule is CC(C)(C)c1cc(C(=O)OCc2ccccc2[N+](=O)[O-])cc(C(C)(C)C)c1. The molecule has 0 radical (unpaired) electrons. The first-order chi connectivity index (χ1) is 12.4. The van der Waals surface area contributed by atoms with Crippen molar-refractivity contribution >= 4 is 11.7 Å². The van der Waals surface area contributed by atoms with Crippen molar-refractivity contribution in [2.45, 2.75) is 59.0 Å². The summed E-state index contributed by atoms with van der Waals surface area (Å²) in [5, 5.41) is 11.1. The van der Waals surface area contributed by atoms with Crippen LogP contribution in [-0.4, -0.2) is 10.9 Å². The maximum atomic E-state index is 12.7. The monoisotopic (exact) mass is 369 g/mol. The van der Waals surface area contributed by atoms with Crippen molar-refractivity contribution in [3.8, 4) is 0 Å². The van der Waals surface area contributed by atoms with Crippen LogP contribution in [0.25, 0.3) is 0 Å². The van der Waals surface area contributed by atoms with Gasteiger partial charge in [0.2, 0.25) is 0 Å². The number of hydrogen-bond acceptors (Lipinski definition) is 4. The van der Waals surface area contributed by atoms with E-state index in [1.165, 1.54) is 6.07 Å². The number of rotatable bonds is 4. The first-order valence-corrected chi connectivity index (χ1v) is 8.95. The topological polar surface area (TPSA) is 69.4 Å². The van der Waals surface area contributed by atoms with Crippen LogP contribution < -0.4 is 0 Å². The molecule has 2 aromatic rings. The van der Waals surface area contributed by atoms with Gasteiger partial charge >= 0.3 is 5.97 Å². The number of nitrogens with zero attached hydrogens (tertiary/aromatic N) is 1. The molecule has 0 heterocycles. The quantitative estimate of drug-likeness (QED) is 0.403. The number of hydrogen-bond donors (Lipinski definition) is 0. The van der Waals surface area contributed by atoms with Gasteiger partial charge in [-0.3, -0.25) is 10.1 Å². The Morgan fingerprint density at radius 2 is 1.48 bits per heavy atom. The molecule has 27 heavy (non-hydrogen) atoms. The van der Waals surface area contributed by atoms with Crippen LogP contribution in [0.1, 0.15) is 68.6 Å². The van der Waals surface area contributed by atoms with E-state index in [9.17, 15) is 14.9 Å². The van der Waals surface area contributed by atoms with Gasteiger partial charge in [0.25, 0.3) is 5.69 Å². The van der Waals surface area contributed by atoms with Crippen LogP contribution in [0.3, 0.4) is 0 Å². The van der Waals surface area contributed by atoms with E-state index in [4.69, 9.17) is 4.74 Å². The molecule has 0 bridgehead atoms. The van der Waals surface area contributed by atoms with E-state index in [0.29, 0.717) is 11.1 Å². The van der Waals surface area contributed by atoms with Gasteiger partial charge in [0, 0.05) is 6.07 Å². The number of carbonyl (C=O) groups excluding carboxylic acids is 1. The normalized spacial score (nSPS) is 11.9. The van der Waals surface area contributed by atoms with E-state index < -0.39 is 10.9 Å². The molecule has 0 saturated heterocycles. The van der Waals surface area contributed by atoms with Gasteiger partial charge in [-0.1, -0.05) is 59.7 Å². The molecule has 0 aliphatic heterocycles. The highest BCUT2D eigenvalue weighted by molar-refractivity contribution is 5.90. The third-order valence-electron chi connectivity index (χ3n) is 4.45. The summed E-state index contributed by atoms with van der Waals surface area (Å²) in [5.74, 6) is -0.482. The molecule has 0 saturated carbocycles. The Morgan fingerprint density at radius 3 is 1.96 bits per heavy atom. The molecule has 5 heteroatoms. The molecular weight excluding hydrogens is 342 g/mol. The molecule has 0 aliphatic carbocycles. The fourth-order valence-corrected chi connectivity index (χ4v) is 2.65. The van der Waals surface area contributed by atoms with Gasteiger partial charge in [0.1, 0.15) is 6.61 Å². The molecule has 0 amide bonds. The molecule has 0 unspecified atom stereocenters. The molecule has 144 valence electrons. The van der Waals surface area contributed by atoms with Crippen LogP contribution in [0, 0.1) is 10.1 Å². The molecule has 5 nitrogen and oxygen atoms in total. The minimum atomic E-state index is -0.482. The number of esters is 1. The Bertz CT molecular complexity index is 825. The van der Waals surface area contributed by atoms with Gasteiger partial charge in [-0.05, 0) is 40.2 Å². The lowest BCUT2D eigenvalue weighted by Crippen LogP contribution is -2.18. The third kappa shape index (κ3) is 5.16. The zero-order valence-corrected chi connectivity index (χ0v) is 16.8. The summed E-state index contributed by atoms with van der Waals surface area (Å²) in [7, 11) is 0. The number of carbonyl (C=O) groups is 1. The summed E-state index contributed by atoms with van der Waals surface area (Å²) in [6.45, 7) is 12.4. The van der Waals surface area contributed by atoms with Crippen LogP contribution in [0.15, 0.2) is 42.5 Å². The Hall–Kier alpha value is -2.69. The Morgan fingerprint density at radius 1 is 0.963 bits per heavy atom. The highest BCUT2D eigenvalue weighted by Gasteiger charge is 2.23. The third-order valence-corrected chi connectivity index (χ3v) is 4.45. The van der Waals surface area contributed by atoms with Gasteiger partial charge in [-0.15, -0.1) is 0 Å². The van der Waals surface area contributed by atoms with E-state index in [1.807, 2.05) is 12.1 Å². The maximum absolute atomic E-state index is 12.7. The van der Waals surface area contributed by atoms with Crippen LogP contribution in [-0.2, 0) is 22.2 Å². The predicted molar refractivity (Wildman–Crippen MR) is 106 cm³/mol. The smallest absolute Gasteiger partial charge is 0.338 e. The lowest BCUT2D eigenvalue weighted by atomic mass is 9.79. The number of para-hydroxylation sites is 1. The molecule has 0 atom stereocenters. The van der Waals surface area contributed by atoms with Crippen molar-refractivity contribution in [2.75, 3.05) is 0 Å². The summed E-state index contributed by atoms with van der Waals surface area (Å²) < 4.78 is 5.40. The molecule has 0 N–H and O–H groups in total. The van der Waals surface area contributed by atoms with Crippen LogP contribution in [0.2, 0.25) is 0 Å². The minimum absolute atomic E-state index is 0.0517. The number of nitro benzene ring substituents is 1. The highest BCUT2D eigenvalue weighted by Crippen LogP contribution is 2.30. The summed E-state index contributed by atoms with van der Waals surface area (Å²) in [5.41, 5.74) is 2.65. The predicted octanol–water partition coefficient (Wildman–Crippen LogP) is 5.55. The van der Waals surface area contributed by atoms with E-state index >= 15 is 0 Å². The van der Waals surface area contributed by atoms with Crippen LogP contribution in [0.5, 0.6) is 0 Å². The Labute approximate surface area is 160 Å². The van der Waals surface area contributed by atoms with Gasteiger partial charge in [-0.2, -0.15) is 0 Å². The molecule has 0 aromatic heterocycles. The van der Waals surface area contributed by atoms with Crippen molar-refractivity contribution < 1.29 is 14.5 Å². The lowest BCUT2D eigenvalue weighted by molar-refractivity contribution is -0.385. The summed E-state index contributed by atoms with van der Waals surface area (Å²) >= 11 is 0. The van der Waals surface area contributed by atoms with E-state index in [2.05, 4.69) is 47.6 Å². The summed E-state index contributed by atoms with van der Waals surface area (Å²) in [6.07, 6.45) is 0. The number of benzene rings is 2. The maximum Gasteiger partial charge on any atom is 0.338 e. The molecule has 2 rings (SSSR count). The highest BCUT2D eigenvalue weighted by atomic mass is 16.6. The van der Waals surface area contributed by atoms with Crippen molar-refractivity contribution in [1.82, 2.24) is 0 Å². The summed E-state index contributed by atoms with van der Waals surface area (Å²) in [6, 6.07) is 12.1. The van der Waals surface area contributed by atoms with Crippen LogP contribution in [0.4, 0.5) is 5.69 Å². The first-order valence-electron chi connectivity index (χ1n) is 8.95. The molecule has 0 spiro atoms. The van der Waals surface area contributed by atoms with Gasteiger partial charge in [0.15, 0.2) is 0 Å². The Balaban J connectivity index is 2.32. The minimum Gasteiger partial charge on any atom is -0.457 e. The standard InChI is InChI=1S/C22H27NO4/c1-21(2,3)17-11-16(12-18(13-17)22(4,5)6)20(24)27-14-15-9-7-8-10-19(15)23(25)26/h7-13H,14H2,1-6H3. The number of ether oxygens (including phenoxy) is 1. The Kier molecular flexibility index (Phi) is 5.73. The molecule has 0 fully saturated rings. The summed E-state index contributed by atoms with van der Waals surface area (Å²) in [4.78, 5) is 23.3. The fraction of sp³-hybridized carbons (Fsp3) is 0.409. The largest absolute Gasteiger partial charge is 0.457 e. The fourth-order valence-electron chi connectivity index (χ4n) is 2.65. The second-order valence-electron chi connectivity index (χ2n) is 8.76. The van der Waals surface area contributed by atoms with Crippen molar-refractivity contribution in [3.05, 3.63) is 74.8 Å². The molecule has 2 aromatic carbocycles. The van der Waals surface area contributed by atoms with Crippen LogP contribution >= 0.6 is 0 Å². The van der Waals surface area contributed by atoms with Crippen molar-refractivity contribution in [1.29, 1.82) is 0 Å². The van der Waals surface area contributed by atoms with E-state index in [-0.39, 0.29) is 23.1 Å². The number of nitro groups is 1. The van der Waals surface area contributed by atoms with Gasteiger partial charge < -0.3 is 4.74 Å². The zero-order valence-electron chi connectivity index (χ0n) is 16.8. The van der Waals surface area contributed by atoms with Crippen molar-refractivity contribution in [2.24, 2.45) is 0 Å². The average Bonchev–Trinajstić information content (AvgIpc) is 2.57. The molecule has 0 aliphatic rings. The first kappa shape index (κ1) is 20.6. The molecular formula is C22H27NO4. The van der Waals surface area contributed by atoms with E-state index in [0.717, 1.165) is 11.1 Å². The lowest BCUT2D eigenvalue weighted by Gasteiger charge is -2.25. The second-order valence-corrected chi connectivity index (χ2v) is 8.76. The average molecular weight is 369 g/mol. The van der Waals surface area contributed by atoms with Crippen molar-refractivity contribution in [3.63, 3.8) is 0 Å². The van der Waals surface area contributed by atoms with E-state index in [1.54, 1.807) is 18.2 Å². The second kappa shape index (κ2) is 7.51. The van der Waals surface area contributed by atoms with Gasteiger partial charge in [0.05, 0.1) is 16.1 Å². The van der Waals surface area contributed by atoms with Gasteiger partial charge in [-0.25, -0.2) is 4.79 Å². The zero-order chi connectivity index (χ0) is 20.4.